The van der Waals surface area contributed by atoms with Gasteiger partial charge in [-0.25, -0.2) is 0 Å². The van der Waals surface area contributed by atoms with Crippen LogP contribution < -0.4 is 5.32 Å². The predicted molar refractivity (Wildman–Crippen MR) is 84.6 cm³/mol. The second-order valence-corrected chi connectivity index (χ2v) is 5.71. The van der Waals surface area contributed by atoms with Crippen LogP contribution in [0.1, 0.15) is 29.9 Å². The van der Waals surface area contributed by atoms with E-state index in [4.69, 9.17) is 23.2 Å². The van der Waals surface area contributed by atoms with Crippen molar-refractivity contribution in [2.24, 2.45) is 0 Å². The molecule has 0 bridgehead atoms. The van der Waals surface area contributed by atoms with E-state index in [1.807, 2.05) is 30.8 Å². The summed E-state index contributed by atoms with van der Waals surface area (Å²) in [7, 11) is 1.94. The highest BCUT2D eigenvalue weighted by molar-refractivity contribution is 6.34. The SMILES string of the molecule is CCn1nc(C)cc1CC(NC)c1cc(Cl)cc(Cl)c1. The first-order valence-corrected chi connectivity index (χ1v) is 7.45. The van der Waals surface area contributed by atoms with Crippen molar-refractivity contribution in [1.82, 2.24) is 15.1 Å². The molecule has 2 aromatic rings. The van der Waals surface area contributed by atoms with E-state index in [9.17, 15) is 0 Å². The van der Waals surface area contributed by atoms with Crippen LogP contribution in [0.15, 0.2) is 24.3 Å². The molecule has 0 fully saturated rings. The molecule has 0 aliphatic carbocycles. The van der Waals surface area contributed by atoms with Gasteiger partial charge in [0.15, 0.2) is 0 Å². The Morgan fingerprint density at radius 1 is 1.20 bits per heavy atom. The molecule has 0 amide bonds. The van der Waals surface area contributed by atoms with Gasteiger partial charge in [0.2, 0.25) is 0 Å². The molecule has 1 heterocycles. The third-order valence-electron chi connectivity index (χ3n) is 3.33. The fraction of sp³-hybridized carbons (Fsp3) is 0.400. The second kappa shape index (κ2) is 6.61. The third-order valence-corrected chi connectivity index (χ3v) is 3.77. The largest absolute Gasteiger partial charge is 0.313 e. The number of rotatable bonds is 5. The summed E-state index contributed by atoms with van der Waals surface area (Å²) in [6.07, 6.45) is 0.849. The Hall–Kier alpha value is -1.03. The molecule has 2 rings (SSSR count). The van der Waals surface area contributed by atoms with Crippen LogP contribution in [0.3, 0.4) is 0 Å². The minimum atomic E-state index is 0.160. The molecule has 1 unspecified atom stereocenters. The molecule has 3 nitrogen and oxygen atoms in total. The lowest BCUT2D eigenvalue weighted by Crippen LogP contribution is -2.20. The van der Waals surface area contributed by atoms with Crippen molar-refractivity contribution < 1.29 is 0 Å². The lowest BCUT2D eigenvalue weighted by Gasteiger charge is -2.18. The fourth-order valence-corrected chi connectivity index (χ4v) is 2.95. The molecule has 0 aliphatic heterocycles. The molecule has 0 aliphatic rings. The molecule has 108 valence electrons. The lowest BCUT2D eigenvalue weighted by molar-refractivity contribution is 0.541. The van der Waals surface area contributed by atoms with Gasteiger partial charge >= 0.3 is 0 Å². The molecule has 0 spiro atoms. The van der Waals surface area contributed by atoms with E-state index in [2.05, 4.69) is 23.4 Å². The summed E-state index contributed by atoms with van der Waals surface area (Å²) in [5.41, 5.74) is 3.34. The minimum Gasteiger partial charge on any atom is -0.313 e. The normalized spacial score (nSPS) is 12.7. The van der Waals surface area contributed by atoms with Crippen molar-refractivity contribution in [2.75, 3.05) is 7.05 Å². The molecule has 5 heteroatoms. The average Bonchev–Trinajstić information content (AvgIpc) is 2.74. The van der Waals surface area contributed by atoms with Crippen LogP contribution in [0.25, 0.3) is 0 Å². The summed E-state index contributed by atoms with van der Waals surface area (Å²) in [6, 6.07) is 7.94. The fourth-order valence-electron chi connectivity index (χ4n) is 2.41. The van der Waals surface area contributed by atoms with E-state index in [0.29, 0.717) is 10.0 Å². The number of hydrogen-bond acceptors (Lipinski definition) is 2. The van der Waals surface area contributed by atoms with Gasteiger partial charge < -0.3 is 5.32 Å². The van der Waals surface area contributed by atoms with Crippen molar-refractivity contribution in [3.05, 3.63) is 51.3 Å². The number of likely N-dealkylation sites (N-methyl/N-ethyl adjacent to an activating group) is 1. The molecule has 1 aromatic heterocycles. The van der Waals surface area contributed by atoms with E-state index in [1.54, 1.807) is 6.07 Å². The molecule has 20 heavy (non-hydrogen) atoms. The van der Waals surface area contributed by atoms with Crippen LogP contribution in [0.2, 0.25) is 10.0 Å². The number of aryl methyl sites for hydroxylation is 2. The summed E-state index contributed by atoms with van der Waals surface area (Å²) in [5, 5.41) is 9.13. The van der Waals surface area contributed by atoms with Crippen LogP contribution in [-0.4, -0.2) is 16.8 Å². The van der Waals surface area contributed by atoms with Crippen LogP contribution in [0.5, 0.6) is 0 Å². The van der Waals surface area contributed by atoms with Crippen LogP contribution >= 0.6 is 23.2 Å². The van der Waals surface area contributed by atoms with Crippen molar-refractivity contribution in [2.45, 2.75) is 32.9 Å². The van der Waals surface area contributed by atoms with E-state index in [-0.39, 0.29) is 6.04 Å². The lowest BCUT2D eigenvalue weighted by atomic mass is 10.0. The molecule has 0 saturated heterocycles. The maximum Gasteiger partial charge on any atom is 0.0596 e. The molecular formula is C15H19Cl2N3. The molecule has 1 aromatic carbocycles. The van der Waals surface area contributed by atoms with Crippen molar-refractivity contribution in [3.8, 4) is 0 Å². The maximum atomic E-state index is 6.09. The van der Waals surface area contributed by atoms with Gasteiger partial charge in [-0.3, -0.25) is 4.68 Å². The van der Waals surface area contributed by atoms with Gasteiger partial charge in [0.1, 0.15) is 0 Å². The van der Waals surface area contributed by atoms with E-state index in [1.165, 1.54) is 5.69 Å². The zero-order chi connectivity index (χ0) is 14.7. The van der Waals surface area contributed by atoms with E-state index >= 15 is 0 Å². The monoisotopic (exact) mass is 311 g/mol. The summed E-state index contributed by atoms with van der Waals surface area (Å²) in [6.45, 7) is 4.98. The number of nitrogens with zero attached hydrogens (tertiary/aromatic N) is 2. The first kappa shape index (κ1) is 15.4. The van der Waals surface area contributed by atoms with E-state index in [0.717, 1.165) is 24.2 Å². The first-order valence-electron chi connectivity index (χ1n) is 6.70. The van der Waals surface area contributed by atoms with Crippen LogP contribution in [0.4, 0.5) is 0 Å². The van der Waals surface area contributed by atoms with Gasteiger partial charge in [0, 0.05) is 34.7 Å². The van der Waals surface area contributed by atoms with Gasteiger partial charge in [-0.1, -0.05) is 23.2 Å². The Morgan fingerprint density at radius 2 is 1.85 bits per heavy atom. The predicted octanol–water partition coefficient (Wildman–Crippen LogP) is 4.02. The first-order chi connectivity index (χ1) is 9.53. The van der Waals surface area contributed by atoms with Crippen molar-refractivity contribution in [1.29, 1.82) is 0 Å². The minimum absolute atomic E-state index is 0.160. The topological polar surface area (TPSA) is 29.9 Å². The average molecular weight is 312 g/mol. The highest BCUT2D eigenvalue weighted by atomic mass is 35.5. The Kier molecular flexibility index (Phi) is 5.08. The van der Waals surface area contributed by atoms with Gasteiger partial charge in [-0.05, 0) is 50.7 Å². The summed E-state index contributed by atoms with van der Waals surface area (Å²) >= 11 is 12.2. The summed E-state index contributed by atoms with van der Waals surface area (Å²) < 4.78 is 2.03. The van der Waals surface area contributed by atoms with Crippen molar-refractivity contribution in [3.63, 3.8) is 0 Å². The highest BCUT2D eigenvalue weighted by Crippen LogP contribution is 2.25. The maximum absolute atomic E-state index is 6.09. The van der Waals surface area contributed by atoms with Gasteiger partial charge in [-0.15, -0.1) is 0 Å². The highest BCUT2D eigenvalue weighted by Gasteiger charge is 2.15. The number of nitrogens with one attached hydrogen (secondary N) is 1. The Bertz CT molecular complexity index is 573. The number of benzene rings is 1. The zero-order valence-electron chi connectivity index (χ0n) is 12.0. The Labute approximate surface area is 129 Å². The van der Waals surface area contributed by atoms with Crippen LogP contribution in [-0.2, 0) is 13.0 Å². The van der Waals surface area contributed by atoms with Crippen LogP contribution in [0, 0.1) is 6.92 Å². The molecule has 1 atom stereocenters. The second-order valence-electron chi connectivity index (χ2n) is 4.84. The smallest absolute Gasteiger partial charge is 0.0596 e. The van der Waals surface area contributed by atoms with Crippen molar-refractivity contribution >= 4 is 23.2 Å². The summed E-state index contributed by atoms with van der Waals surface area (Å²) in [5.74, 6) is 0. The Balaban J connectivity index is 2.28. The molecule has 0 saturated carbocycles. The summed E-state index contributed by atoms with van der Waals surface area (Å²) in [4.78, 5) is 0. The Morgan fingerprint density at radius 3 is 2.40 bits per heavy atom. The number of halogens is 2. The third kappa shape index (κ3) is 3.54. The number of aromatic nitrogens is 2. The molecule has 0 radical (unpaired) electrons. The van der Waals surface area contributed by atoms with E-state index < -0.39 is 0 Å². The number of hydrogen-bond donors (Lipinski definition) is 1. The standard InChI is InChI=1S/C15H19Cl2N3/c1-4-20-14(5-10(2)19-20)9-15(18-3)11-6-12(16)8-13(17)7-11/h5-8,15,18H,4,9H2,1-3H3. The molecule has 1 N–H and O–H groups in total. The van der Waals surface area contributed by atoms with Gasteiger partial charge in [0.25, 0.3) is 0 Å². The van der Waals surface area contributed by atoms with Gasteiger partial charge in [0.05, 0.1) is 5.69 Å². The van der Waals surface area contributed by atoms with Gasteiger partial charge in [-0.2, -0.15) is 5.10 Å². The molecular weight excluding hydrogens is 293 g/mol. The quantitative estimate of drug-likeness (QED) is 0.903. The zero-order valence-corrected chi connectivity index (χ0v) is 13.5.